The Bertz CT molecular complexity index is 992. The van der Waals surface area contributed by atoms with Gasteiger partial charge in [-0.2, -0.15) is 13.7 Å². The van der Waals surface area contributed by atoms with Crippen LogP contribution < -0.4 is 5.32 Å². The van der Waals surface area contributed by atoms with Crippen molar-refractivity contribution in [2.24, 2.45) is 0 Å². The predicted molar refractivity (Wildman–Crippen MR) is 132 cm³/mol. The summed E-state index contributed by atoms with van der Waals surface area (Å²) in [5.41, 5.74) is 1.02. The number of aryl methyl sites for hydroxylation is 1. The summed E-state index contributed by atoms with van der Waals surface area (Å²) in [5.74, 6) is -0.0975. The molecule has 0 spiro atoms. The fourth-order valence-corrected chi connectivity index (χ4v) is 5.05. The number of nitriles is 1. The summed E-state index contributed by atoms with van der Waals surface area (Å²) < 4.78 is 29.3. The van der Waals surface area contributed by atoms with Crippen LogP contribution >= 0.6 is 11.3 Å². The molecule has 0 bridgehead atoms. The molecule has 1 aromatic carbocycles. The van der Waals surface area contributed by atoms with Crippen molar-refractivity contribution in [1.82, 2.24) is 5.32 Å². The van der Waals surface area contributed by atoms with Crippen LogP contribution in [0.5, 0.6) is 0 Å². The number of rotatable bonds is 16. The Morgan fingerprint density at radius 2 is 1.48 bits per heavy atom. The van der Waals surface area contributed by atoms with Crippen LogP contribution in [0.15, 0.2) is 41.3 Å². The first-order valence-corrected chi connectivity index (χ1v) is 13.9. The van der Waals surface area contributed by atoms with Crippen molar-refractivity contribution in [3.8, 4) is 6.07 Å². The van der Waals surface area contributed by atoms with E-state index >= 15 is 0 Å². The van der Waals surface area contributed by atoms with Gasteiger partial charge in [0.2, 0.25) is 0 Å². The van der Waals surface area contributed by atoms with Crippen molar-refractivity contribution in [3.63, 3.8) is 0 Å². The largest absolute Gasteiger partial charge is 0.351 e. The van der Waals surface area contributed by atoms with Crippen molar-refractivity contribution < 1.29 is 17.4 Å². The number of benzene rings is 1. The van der Waals surface area contributed by atoms with E-state index in [1.165, 1.54) is 30.6 Å². The first kappa shape index (κ1) is 27.0. The summed E-state index contributed by atoms with van der Waals surface area (Å²) >= 11 is 1.22. The SMILES string of the molecule is Cc1ccc(S(=O)(=O)OCCCCCCCCCCCCNC(=O)c2ccc(C#N)s2)cc1. The lowest BCUT2D eigenvalue weighted by Gasteiger charge is -2.06. The minimum atomic E-state index is -3.65. The number of amides is 1. The van der Waals surface area contributed by atoms with Gasteiger partial charge < -0.3 is 5.32 Å². The summed E-state index contributed by atoms with van der Waals surface area (Å²) in [6, 6.07) is 12.1. The molecule has 0 aliphatic carbocycles. The highest BCUT2D eigenvalue weighted by atomic mass is 32.2. The van der Waals surface area contributed by atoms with Gasteiger partial charge in [0.15, 0.2) is 0 Å². The van der Waals surface area contributed by atoms with Gasteiger partial charge >= 0.3 is 0 Å². The lowest BCUT2D eigenvalue weighted by atomic mass is 10.1. The molecular formula is C25H34N2O4S2. The third-order valence-corrected chi connectivity index (χ3v) is 7.66. The third-order valence-electron chi connectivity index (χ3n) is 5.34. The monoisotopic (exact) mass is 490 g/mol. The zero-order valence-electron chi connectivity index (χ0n) is 19.3. The first-order valence-electron chi connectivity index (χ1n) is 11.7. The molecule has 180 valence electrons. The number of nitrogens with zero attached hydrogens (tertiary/aromatic N) is 1. The second-order valence-corrected chi connectivity index (χ2v) is 10.9. The standard InChI is InChI=1S/C25H34N2O4S2/c1-21-12-15-23(16-13-21)33(29,30)31-19-11-9-7-5-3-2-4-6-8-10-18-27-25(28)24-17-14-22(20-26)32-24/h12-17H,2-11,18-19H2,1H3,(H,27,28). The molecule has 33 heavy (non-hydrogen) atoms. The van der Waals surface area contributed by atoms with E-state index in [-0.39, 0.29) is 17.4 Å². The molecule has 1 aromatic heterocycles. The zero-order chi connectivity index (χ0) is 23.9. The topological polar surface area (TPSA) is 96.3 Å². The second-order valence-electron chi connectivity index (χ2n) is 8.16. The number of carbonyl (C=O) groups is 1. The number of thiophene rings is 1. The van der Waals surface area contributed by atoms with Gasteiger partial charge in [-0.1, -0.05) is 69.1 Å². The summed E-state index contributed by atoms with van der Waals surface area (Å²) in [6.07, 6.45) is 10.8. The summed E-state index contributed by atoms with van der Waals surface area (Å²) in [7, 11) is -3.65. The predicted octanol–water partition coefficient (Wildman–Crippen LogP) is 5.96. The third kappa shape index (κ3) is 10.5. The van der Waals surface area contributed by atoms with E-state index in [2.05, 4.69) is 5.32 Å². The van der Waals surface area contributed by atoms with Gasteiger partial charge in [-0.15, -0.1) is 11.3 Å². The van der Waals surface area contributed by atoms with Crippen LogP contribution in [0.2, 0.25) is 0 Å². The highest BCUT2D eigenvalue weighted by Crippen LogP contribution is 2.16. The fraction of sp³-hybridized carbons (Fsp3) is 0.520. The summed E-state index contributed by atoms with van der Waals surface area (Å²) in [4.78, 5) is 13.3. The average Bonchev–Trinajstić information content (AvgIpc) is 3.29. The van der Waals surface area contributed by atoms with E-state index in [1.54, 1.807) is 36.4 Å². The molecule has 0 aliphatic rings. The van der Waals surface area contributed by atoms with Crippen LogP contribution in [0.25, 0.3) is 0 Å². The Labute approximate surface area is 202 Å². The van der Waals surface area contributed by atoms with Gasteiger partial charge in [-0.05, 0) is 44.0 Å². The van der Waals surface area contributed by atoms with Gasteiger partial charge in [0.05, 0.1) is 16.4 Å². The maximum absolute atomic E-state index is 12.1. The molecule has 0 atom stereocenters. The van der Waals surface area contributed by atoms with Crippen LogP contribution in [0.4, 0.5) is 0 Å². The number of hydrogen-bond donors (Lipinski definition) is 1. The molecule has 1 N–H and O–H groups in total. The Morgan fingerprint density at radius 1 is 0.909 bits per heavy atom. The van der Waals surface area contributed by atoms with Crippen molar-refractivity contribution in [2.45, 2.75) is 76.0 Å². The first-order chi connectivity index (χ1) is 15.9. The Morgan fingerprint density at radius 3 is 2.06 bits per heavy atom. The van der Waals surface area contributed by atoms with Gasteiger partial charge in [-0.3, -0.25) is 8.98 Å². The number of carbonyl (C=O) groups excluding carboxylic acids is 1. The number of nitrogens with one attached hydrogen (secondary N) is 1. The maximum atomic E-state index is 12.1. The number of hydrogen-bond acceptors (Lipinski definition) is 6. The van der Waals surface area contributed by atoms with Crippen LogP contribution in [0.1, 0.15) is 84.3 Å². The van der Waals surface area contributed by atoms with Crippen molar-refractivity contribution in [1.29, 1.82) is 5.26 Å². The summed E-state index contributed by atoms with van der Waals surface area (Å²) in [6.45, 7) is 2.82. The molecule has 6 nitrogen and oxygen atoms in total. The van der Waals surface area contributed by atoms with Gasteiger partial charge in [-0.25, -0.2) is 0 Å². The molecular weight excluding hydrogens is 456 g/mol. The fourth-order valence-electron chi connectivity index (χ4n) is 3.39. The molecule has 0 unspecified atom stereocenters. The molecule has 0 saturated carbocycles. The molecule has 2 rings (SSSR count). The lowest BCUT2D eigenvalue weighted by molar-refractivity contribution is 0.0957. The Balaban J connectivity index is 1.38. The minimum Gasteiger partial charge on any atom is -0.351 e. The normalized spacial score (nSPS) is 11.3. The van der Waals surface area contributed by atoms with Crippen LogP contribution in [0.3, 0.4) is 0 Å². The minimum absolute atomic E-state index is 0.0975. The molecule has 2 aromatic rings. The average molecular weight is 491 g/mol. The van der Waals surface area contributed by atoms with Crippen LogP contribution in [-0.2, 0) is 14.3 Å². The van der Waals surface area contributed by atoms with Crippen molar-refractivity contribution in [2.75, 3.05) is 13.2 Å². The molecule has 1 heterocycles. The molecule has 8 heteroatoms. The smallest absolute Gasteiger partial charge is 0.296 e. The van der Waals surface area contributed by atoms with E-state index in [4.69, 9.17) is 9.44 Å². The van der Waals surface area contributed by atoms with Crippen LogP contribution in [0, 0.1) is 18.3 Å². The van der Waals surface area contributed by atoms with E-state index in [0.717, 1.165) is 50.5 Å². The second kappa shape index (κ2) is 14.8. The molecule has 0 fully saturated rings. The molecule has 0 saturated heterocycles. The highest BCUT2D eigenvalue weighted by molar-refractivity contribution is 7.86. The summed E-state index contributed by atoms with van der Waals surface area (Å²) in [5, 5.41) is 11.7. The quantitative estimate of drug-likeness (QED) is 0.231. The number of unbranched alkanes of at least 4 members (excludes halogenated alkanes) is 9. The van der Waals surface area contributed by atoms with Crippen LogP contribution in [-0.4, -0.2) is 27.5 Å². The van der Waals surface area contributed by atoms with Crippen molar-refractivity contribution >= 4 is 27.4 Å². The highest BCUT2D eigenvalue weighted by Gasteiger charge is 2.14. The van der Waals surface area contributed by atoms with Gasteiger partial charge in [0.25, 0.3) is 16.0 Å². The molecule has 1 amide bonds. The maximum Gasteiger partial charge on any atom is 0.296 e. The van der Waals surface area contributed by atoms with Gasteiger partial charge in [0, 0.05) is 6.54 Å². The van der Waals surface area contributed by atoms with E-state index < -0.39 is 10.1 Å². The van der Waals surface area contributed by atoms with E-state index in [1.807, 2.05) is 13.0 Å². The Kier molecular flexibility index (Phi) is 12.2. The van der Waals surface area contributed by atoms with Crippen molar-refractivity contribution in [3.05, 3.63) is 51.7 Å². The molecule has 0 aliphatic heterocycles. The van der Waals surface area contributed by atoms with Gasteiger partial charge in [0.1, 0.15) is 10.9 Å². The zero-order valence-corrected chi connectivity index (χ0v) is 21.0. The Hall–Kier alpha value is -2.21. The molecule has 0 radical (unpaired) electrons. The van der Waals surface area contributed by atoms with E-state index in [0.29, 0.717) is 16.3 Å². The van der Waals surface area contributed by atoms with E-state index in [9.17, 15) is 13.2 Å². The lowest BCUT2D eigenvalue weighted by Crippen LogP contribution is -2.23.